The minimum absolute atomic E-state index is 0.168. The van der Waals surface area contributed by atoms with Crippen molar-refractivity contribution in [2.24, 2.45) is 0 Å². The second-order valence-corrected chi connectivity index (χ2v) is 5.61. The maximum atomic E-state index is 3.73. The molecule has 22 heavy (non-hydrogen) atoms. The van der Waals surface area contributed by atoms with E-state index in [1.54, 1.807) is 0 Å². The van der Waals surface area contributed by atoms with Crippen LogP contribution >= 0.6 is 0 Å². The molecule has 1 aliphatic heterocycles. The molecule has 2 nitrogen and oxygen atoms in total. The van der Waals surface area contributed by atoms with E-state index in [0.717, 1.165) is 0 Å². The summed E-state index contributed by atoms with van der Waals surface area (Å²) in [5.74, 6) is 0. The lowest BCUT2D eigenvalue weighted by Gasteiger charge is -2.51. The Labute approximate surface area is 130 Å². The maximum Gasteiger partial charge on any atom is 0.124 e. The average molecular weight is 286 g/mol. The van der Waals surface area contributed by atoms with Gasteiger partial charge < -0.3 is 0 Å². The van der Waals surface area contributed by atoms with Gasteiger partial charge in [0.25, 0.3) is 0 Å². The maximum absolute atomic E-state index is 3.73. The zero-order valence-corrected chi connectivity index (χ0v) is 12.2. The van der Waals surface area contributed by atoms with Gasteiger partial charge in [0.15, 0.2) is 0 Å². The summed E-state index contributed by atoms with van der Waals surface area (Å²) in [5, 5.41) is 7.46. The first kappa shape index (κ1) is 13.3. The van der Waals surface area contributed by atoms with Crippen molar-refractivity contribution in [3.05, 3.63) is 108 Å². The molecule has 0 spiro atoms. The molecule has 0 saturated carbocycles. The molecule has 1 saturated heterocycles. The summed E-state index contributed by atoms with van der Waals surface area (Å²) >= 11 is 0. The molecule has 0 radical (unpaired) electrons. The summed E-state index contributed by atoms with van der Waals surface area (Å²) in [5.41, 5.74) is 3.40. The van der Waals surface area contributed by atoms with Crippen LogP contribution in [0.4, 0.5) is 0 Å². The highest BCUT2D eigenvalue weighted by Crippen LogP contribution is 2.37. The van der Waals surface area contributed by atoms with E-state index in [2.05, 4.69) is 95.6 Å². The van der Waals surface area contributed by atoms with Crippen LogP contribution in [-0.2, 0) is 5.66 Å². The Morgan fingerprint density at radius 3 is 1.41 bits per heavy atom. The largest absolute Gasteiger partial charge is 0.272 e. The molecule has 2 heteroatoms. The van der Waals surface area contributed by atoms with Gasteiger partial charge in [-0.05, 0) is 16.7 Å². The van der Waals surface area contributed by atoms with Gasteiger partial charge in [-0.25, -0.2) is 0 Å². The van der Waals surface area contributed by atoms with Crippen LogP contribution in [0.15, 0.2) is 91.0 Å². The van der Waals surface area contributed by atoms with Gasteiger partial charge in [-0.15, -0.1) is 0 Å². The topological polar surface area (TPSA) is 24.1 Å². The highest BCUT2D eigenvalue weighted by Gasteiger charge is 2.45. The molecule has 0 unspecified atom stereocenters. The van der Waals surface area contributed by atoms with E-state index in [1.807, 2.05) is 6.07 Å². The Kier molecular flexibility index (Phi) is 3.26. The molecule has 0 atom stereocenters. The van der Waals surface area contributed by atoms with E-state index < -0.39 is 0 Å². The second kappa shape index (κ2) is 5.41. The quantitative estimate of drug-likeness (QED) is 0.765. The van der Waals surface area contributed by atoms with Crippen LogP contribution in [0.25, 0.3) is 0 Å². The molecule has 108 valence electrons. The Hall–Kier alpha value is -2.42. The fourth-order valence-electron chi connectivity index (χ4n) is 3.12. The van der Waals surface area contributed by atoms with Crippen LogP contribution < -0.4 is 10.6 Å². The minimum atomic E-state index is -0.316. The van der Waals surface area contributed by atoms with Gasteiger partial charge >= 0.3 is 0 Å². The van der Waals surface area contributed by atoms with Crippen molar-refractivity contribution < 1.29 is 0 Å². The number of hydrogen-bond acceptors (Lipinski definition) is 2. The Bertz CT molecular complexity index is 691. The SMILES string of the molecule is c1ccc(C2NC(c3ccccc3)(c3ccccc3)N2)cc1. The Morgan fingerprint density at radius 2 is 0.955 bits per heavy atom. The summed E-state index contributed by atoms with van der Waals surface area (Å²) in [6, 6.07) is 31.6. The van der Waals surface area contributed by atoms with Gasteiger partial charge in [-0.1, -0.05) is 91.0 Å². The van der Waals surface area contributed by atoms with Crippen molar-refractivity contribution >= 4 is 0 Å². The molecule has 1 fully saturated rings. The standard InChI is InChI=1S/C20H18N2/c1-4-10-16(11-5-1)19-21-20(22-19,17-12-6-2-7-13-17)18-14-8-3-9-15-18/h1-15,19,21-22H. The van der Waals surface area contributed by atoms with E-state index in [1.165, 1.54) is 16.7 Å². The molecule has 1 heterocycles. The first-order valence-electron chi connectivity index (χ1n) is 7.60. The van der Waals surface area contributed by atoms with Crippen LogP contribution in [0.1, 0.15) is 22.9 Å². The highest BCUT2D eigenvalue weighted by molar-refractivity contribution is 5.42. The van der Waals surface area contributed by atoms with E-state index in [-0.39, 0.29) is 11.8 Å². The Morgan fingerprint density at radius 1 is 0.545 bits per heavy atom. The number of hydrogen-bond donors (Lipinski definition) is 2. The summed E-state index contributed by atoms with van der Waals surface area (Å²) < 4.78 is 0. The molecule has 2 N–H and O–H groups in total. The zero-order chi connectivity index (χ0) is 14.8. The third-order valence-corrected chi connectivity index (χ3v) is 4.27. The van der Waals surface area contributed by atoms with E-state index in [9.17, 15) is 0 Å². The smallest absolute Gasteiger partial charge is 0.124 e. The van der Waals surface area contributed by atoms with Gasteiger partial charge in [0.1, 0.15) is 5.66 Å². The number of benzene rings is 3. The predicted octanol–water partition coefficient (Wildman–Crippen LogP) is 3.78. The Balaban J connectivity index is 1.71. The number of nitrogens with one attached hydrogen (secondary N) is 2. The molecule has 0 bridgehead atoms. The lowest BCUT2D eigenvalue weighted by atomic mass is 9.85. The van der Waals surface area contributed by atoms with Gasteiger partial charge in [-0.3, -0.25) is 10.6 Å². The van der Waals surface area contributed by atoms with Crippen molar-refractivity contribution in [2.45, 2.75) is 11.8 Å². The molecule has 0 aromatic heterocycles. The van der Waals surface area contributed by atoms with Crippen LogP contribution in [-0.4, -0.2) is 0 Å². The molecular formula is C20H18N2. The van der Waals surface area contributed by atoms with Crippen molar-refractivity contribution in [1.29, 1.82) is 0 Å². The minimum Gasteiger partial charge on any atom is -0.272 e. The number of rotatable bonds is 3. The summed E-state index contributed by atoms with van der Waals surface area (Å²) in [7, 11) is 0. The van der Waals surface area contributed by atoms with Gasteiger partial charge in [0, 0.05) is 0 Å². The second-order valence-electron chi connectivity index (χ2n) is 5.61. The summed E-state index contributed by atoms with van der Waals surface area (Å²) in [4.78, 5) is 0. The van der Waals surface area contributed by atoms with Crippen molar-refractivity contribution in [3.63, 3.8) is 0 Å². The average Bonchev–Trinajstić information content (AvgIpc) is 2.57. The fourth-order valence-corrected chi connectivity index (χ4v) is 3.12. The monoisotopic (exact) mass is 286 g/mol. The normalized spacial score (nSPS) is 16.9. The van der Waals surface area contributed by atoms with Crippen LogP contribution in [0.5, 0.6) is 0 Å². The van der Waals surface area contributed by atoms with Gasteiger partial charge in [-0.2, -0.15) is 0 Å². The van der Waals surface area contributed by atoms with E-state index >= 15 is 0 Å². The van der Waals surface area contributed by atoms with Gasteiger partial charge in [0.05, 0.1) is 6.17 Å². The van der Waals surface area contributed by atoms with E-state index in [4.69, 9.17) is 0 Å². The fraction of sp³-hybridized carbons (Fsp3) is 0.100. The van der Waals surface area contributed by atoms with Crippen molar-refractivity contribution in [2.75, 3.05) is 0 Å². The van der Waals surface area contributed by atoms with Crippen LogP contribution in [0.3, 0.4) is 0 Å². The molecule has 3 aromatic rings. The molecule has 3 aromatic carbocycles. The van der Waals surface area contributed by atoms with Crippen molar-refractivity contribution in [3.8, 4) is 0 Å². The van der Waals surface area contributed by atoms with Crippen LogP contribution in [0, 0.1) is 0 Å². The van der Waals surface area contributed by atoms with Crippen molar-refractivity contribution in [1.82, 2.24) is 10.6 Å². The highest BCUT2D eigenvalue weighted by atomic mass is 15.4. The molecule has 0 amide bonds. The predicted molar refractivity (Wildman–Crippen MR) is 89.1 cm³/mol. The lowest BCUT2D eigenvalue weighted by Crippen LogP contribution is -2.70. The van der Waals surface area contributed by atoms with E-state index in [0.29, 0.717) is 0 Å². The first-order chi connectivity index (χ1) is 10.9. The lowest BCUT2D eigenvalue weighted by molar-refractivity contribution is 0.115. The summed E-state index contributed by atoms with van der Waals surface area (Å²) in [6.07, 6.45) is 0.168. The molecular weight excluding hydrogens is 268 g/mol. The third-order valence-electron chi connectivity index (χ3n) is 4.27. The first-order valence-corrected chi connectivity index (χ1v) is 7.60. The summed E-state index contributed by atoms with van der Waals surface area (Å²) in [6.45, 7) is 0. The third kappa shape index (κ3) is 2.13. The molecule has 0 aliphatic carbocycles. The zero-order valence-electron chi connectivity index (χ0n) is 12.2. The molecule has 4 rings (SSSR count). The van der Waals surface area contributed by atoms with Crippen LogP contribution in [0.2, 0.25) is 0 Å². The molecule has 1 aliphatic rings. The van der Waals surface area contributed by atoms with Gasteiger partial charge in [0.2, 0.25) is 0 Å².